The predicted octanol–water partition coefficient (Wildman–Crippen LogP) is 2.69. The molecule has 1 saturated carbocycles. The van der Waals surface area contributed by atoms with Crippen LogP contribution in [-0.2, 0) is 0 Å². The smallest absolute Gasteiger partial charge is 0.0294 e. The molecule has 0 saturated heterocycles. The number of alkyl halides is 2. The van der Waals surface area contributed by atoms with Crippen LogP contribution in [0.2, 0.25) is 0 Å². The van der Waals surface area contributed by atoms with Gasteiger partial charge in [-0.1, -0.05) is 6.92 Å². The normalized spacial score (nSPS) is 30.3. The minimum Gasteiger partial charge on any atom is -0.126 e. The minimum atomic E-state index is 0.269. The predicted molar refractivity (Wildman–Crippen MR) is 42.0 cm³/mol. The minimum absolute atomic E-state index is 0.269. The van der Waals surface area contributed by atoms with Gasteiger partial charge in [-0.05, 0) is 18.8 Å². The van der Waals surface area contributed by atoms with E-state index < -0.39 is 0 Å². The Morgan fingerprint density at radius 3 is 2.11 bits per heavy atom. The lowest BCUT2D eigenvalue weighted by molar-refractivity contribution is 0.576. The van der Waals surface area contributed by atoms with Gasteiger partial charge in [0.1, 0.15) is 0 Å². The maximum Gasteiger partial charge on any atom is 0.0294 e. The molecule has 1 radical (unpaired) electrons. The lowest BCUT2D eigenvalue weighted by Gasteiger charge is -2.06. The van der Waals surface area contributed by atoms with Gasteiger partial charge in [-0.25, -0.2) is 0 Å². The zero-order valence-corrected chi connectivity index (χ0v) is 6.88. The van der Waals surface area contributed by atoms with Crippen LogP contribution in [0.5, 0.6) is 0 Å². The van der Waals surface area contributed by atoms with E-state index >= 15 is 0 Å². The third kappa shape index (κ3) is 1.20. The van der Waals surface area contributed by atoms with Crippen LogP contribution in [0.15, 0.2) is 0 Å². The number of rotatable bonds is 3. The first-order valence-electron chi connectivity index (χ1n) is 3.20. The molecule has 1 fully saturated rings. The van der Waals surface area contributed by atoms with E-state index in [4.69, 9.17) is 23.2 Å². The van der Waals surface area contributed by atoms with Gasteiger partial charge < -0.3 is 0 Å². The Morgan fingerprint density at radius 2 is 2.00 bits per heavy atom. The first kappa shape index (κ1) is 7.68. The van der Waals surface area contributed by atoms with E-state index in [0.717, 1.165) is 6.42 Å². The van der Waals surface area contributed by atoms with Crippen molar-refractivity contribution in [3.63, 3.8) is 0 Å². The summed E-state index contributed by atoms with van der Waals surface area (Å²) in [7, 11) is 0. The molecular formula is C7H11Cl2. The van der Waals surface area contributed by atoms with Gasteiger partial charge >= 0.3 is 0 Å². The average molecular weight is 166 g/mol. The van der Waals surface area contributed by atoms with Crippen LogP contribution in [0, 0.1) is 18.3 Å². The fraction of sp³-hybridized carbons (Fsp3) is 0.857. The largest absolute Gasteiger partial charge is 0.126 e. The van der Waals surface area contributed by atoms with Crippen LogP contribution >= 0.6 is 23.2 Å². The second-order valence-corrected chi connectivity index (χ2v) is 3.35. The fourth-order valence-electron chi connectivity index (χ4n) is 1.20. The maximum absolute atomic E-state index is 5.72. The second-order valence-electron chi connectivity index (χ2n) is 2.82. The Labute approximate surface area is 66.5 Å². The van der Waals surface area contributed by atoms with Gasteiger partial charge in [-0.15, -0.1) is 23.2 Å². The quantitative estimate of drug-likeness (QED) is 0.565. The molecule has 0 heterocycles. The average Bonchev–Trinajstić information content (AvgIpc) is 2.63. The van der Waals surface area contributed by atoms with E-state index in [9.17, 15) is 0 Å². The van der Waals surface area contributed by atoms with Gasteiger partial charge in [0, 0.05) is 17.2 Å². The third-order valence-electron chi connectivity index (χ3n) is 2.24. The standard InChI is InChI=1S/C7H11Cl2/c1-2-6-3-7(6,4-8)5-9/h6H,1-5H2. The molecule has 0 bridgehead atoms. The molecule has 1 rings (SSSR count). The molecule has 0 aromatic carbocycles. The van der Waals surface area contributed by atoms with Gasteiger partial charge in [0.05, 0.1) is 0 Å². The summed E-state index contributed by atoms with van der Waals surface area (Å²) < 4.78 is 0. The molecule has 0 nitrogen and oxygen atoms in total. The van der Waals surface area contributed by atoms with Crippen molar-refractivity contribution in [2.24, 2.45) is 11.3 Å². The molecule has 1 atom stereocenters. The molecule has 53 valence electrons. The summed E-state index contributed by atoms with van der Waals surface area (Å²) in [5, 5.41) is 0. The van der Waals surface area contributed by atoms with Crippen molar-refractivity contribution >= 4 is 23.2 Å². The van der Waals surface area contributed by atoms with Gasteiger partial charge in [0.15, 0.2) is 0 Å². The van der Waals surface area contributed by atoms with Crippen molar-refractivity contribution in [3.8, 4) is 0 Å². The number of halogens is 2. The molecule has 0 aromatic heterocycles. The van der Waals surface area contributed by atoms with Crippen LogP contribution in [0.1, 0.15) is 12.8 Å². The van der Waals surface area contributed by atoms with Crippen LogP contribution < -0.4 is 0 Å². The van der Waals surface area contributed by atoms with E-state index in [1.54, 1.807) is 0 Å². The Morgan fingerprint density at radius 1 is 1.44 bits per heavy atom. The van der Waals surface area contributed by atoms with E-state index in [1.165, 1.54) is 6.42 Å². The van der Waals surface area contributed by atoms with E-state index in [0.29, 0.717) is 17.7 Å². The van der Waals surface area contributed by atoms with Gasteiger partial charge in [-0.2, -0.15) is 0 Å². The summed E-state index contributed by atoms with van der Waals surface area (Å²) in [6, 6.07) is 0. The van der Waals surface area contributed by atoms with Crippen LogP contribution in [0.3, 0.4) is 0 Å². The molecule has 0 aliphatic heterocycles. The Balaban J connectivity index is 2.37. The number of hydrogen-bond acceptors (Lipinski definition) is 0. The highest BCUT2D eigenvalue weighted by atomic mass is 35.5. The summed E-state index contributed by atoms with van der Waals surface area (Å²) in [5.41, 5.74) is 0.269. The van der Waals surface area contributed by atoms with Crippen molar-refractivity contribution in [2.75, 3.05) is 11.8 Å². The first-order valence-corrected chi connectivity index (χ1v) is 4.27. The molecule has 1 unspecified atom stereocenters. The van der Waals surface area contributed by atoms with Crippen molar-refractivity contribution in [3.05, 3.63) is 6.92 Å². The zero-order valence-electron chi connectivity index (χ0n) is 5.37. The van der Waals surface area contributed by atoms with E-state index in [1.807, 2.05) is 0 Å². The SMILES string of the molecule is [CH2]CC1CC1(CCl)CCl. The molecule has 0 aromatic rings. The molecule has 1 aliphatic carbocycles. The highest BCUT2D eigenvalue weighted by Gasteiger charge is 2.51. The summed E-state index contributed by atoms with van der Waals surface area (Å²) in [5.74, 6) is 2.11. The lowest BCUT2D eigenvalue weighted by Crippen LogP contribution is -2.07. The van der Waals surface area contributed by atoms with Crippen LogP contribution in [0.4, 0.5) is 0 Å². The Kier molecular flexibility index (Phi) is 2.28. The summed E-state index contributed by atoms with van der Waals surface area (Å²) >= 11 is 11.4. The molecule has 9 heavy (non-hydrogen) atoms. The molecule has 0 spiro atoms. The van der Waals surface area contributed by atoms with Crippen molar-refractivity contribution in [1.29, 1.82) is 0 Å². The number of hydrogen-bond donors (Lipinski definition) is 0. The monoisotopic (exact) mass is 165 g/mol. The van der Waals surface area contributed by atoms with Crippen LogP contribution in [-0.4, -0.2) is 11.8 Å². The molecule has 0 N–H and O–H groups in total. The third-order valence-corrected chi connectivity index (χ3v) is 3.30. The molecular weight excluding hydrogens is 155 g/mol. The molecule has 1 aliphatic rings. The van der Waals surface area contributed by atoms with E-state index in [2.05, 4.69) is 6.92 Å². The van der Waals surface area contributed by atoms with Crippen molar-refractivity contribution in [2.45, 2.75) is 12.8 Å². The maximum atomic E-state index is 5.72. The van der Waals surface area contributed by atoms with Crippen molar-refractivity contribution in [1.82, 2.24) is 0 Å². The summed E-state index contributed by atoms with van der Waals surface area (Å²) in [6.45, 7) is 3.82. The Hall–Kier alpha value is 0.580. The topological polar surface area (TPSA) is 0 Å². The van der Waals surface area contributed by atoms with Gasteiger partial charge in [-0.3, -0.25) is 0 Å². The van der Waals surface area contributed by atoms with Crippen LogP contribution in [0.25, 0.3) is 0 Å². The van der Waals surface area contributed by atoms with Crippen molar-refractivity contribution < 1.29 is 0 Å². The van der Waals surface area contributed by atoms with E-state index in [-0.39, 0.29) is 5.41 Å². The Bertz CT molecular complexity index is 97.1. The molecule has 2 heteroatoms. The first-order chi connectivity index (χ1) is 4.29. The lowest BCUT2D eigenvalue weighted by atomic mass is 10.1. The summed E-state index contributed by atoms with van der Waals surface area (Å²) in [4.78, 5) is 0. The molecule has 0 amide bonds. The highest BCUT2D eigenvalue weighted by molar-refractivity contribution is 6.21. The van der Waals surface area contributed by atoms with Gasteiger partial charge in [0.25, 0.3) is 0 Å². The summed E-state index contributed by atoms with van der Waals surface area (Å²) in [6.07, 6.45) is 2.17. The second kappa shape index (κ2) is 2.67. The fourth-order valence-corrected chi connectivity index (χ4v) is 2.14. The highest BCUT2D eigenvalue weighted by Crippen LogP contribution is 2.55. The van der Waals surface area contributed by atoms with Gasteiger partial charge in [0.2, 0.25) is 0 Å². The zero-order chi connectivity index (χ0) is 6.91.